The monoisotopic (exact) mass is 184 g/mol. The van der Waals surface area contributed by atoms with Crippen LogP contribution in [0.2, 0.25) is 0 Å². The van der Waals surface area contributed by atoms with E-state index in [2.05, 4.69) is 16.1 Å². The van der Waals surface area contributed by atoms with Crippen molar-refractivity contribution in [1.29, 1.82) is 0 Å². The first-order valence-corrected chi connectivity index (χ1v) is 3.78. The van der Waals surface area contributed by atoms with Crippen LogP contribution < -0.4 is 0 Å². The number of allylic oxidation sites excluding steroid dienone is 1. The Morgan fingerprint density at radius 3 is 2.46 bits per heavy atom. The summed E-state index contributed by atoms with van der Waals surface area (Å²) in [6.07, 6.45) is 3.02. The summed E-state index contributed by atoms with van der Waals surface area (Å²) in [5.41, 5.74) is 0. The normalized spacial score (nSPS) is 10.5. The van der Waals surface area contributed by atoms with Gasteiger partial charge in [-0.1, -0.05) is 13.5 Å². The predicted molar refractivity (Wildman–Crippen MR) is 46.7 cm³/mol. The fourth-order valence-electron chi connectivity index (χ4n) is 0.603. The minimum absolute atomic E-state index is 0.102. The maximum atomic E-state index is 11.0. The molecule has 0 saturated heterocycles. The Labute approximate surface area is 76.8 Å². The highest BCUT2D eigenvalue weighted by Crippen LogP contribution is 2.02. The van der Waals surface area contributed by atoms with Crippen LogP contribution in [0.15, 0.2) is 24.5 Å². The average Bonchev–Trinajstić information content (AvgIpc) is 2.15. The quantitative estimate of drug-likeness (QED) is 0.374. The molecule has 0 atom stereocenters. The van der Waals surface area contributed by atoms with Crippen LogP contribution in [0, 0.1) is 0 Å². The van der Waals surface area contributed by atoms with Crippen molar-refractivity contribution in [2.45, 2.75) is 13.3 Å². The highest BCUT2D eigenvalue weighted by molar-refractivity contribution is 5.91. The van der Waals surface area contributed by atoms with E-state index in [1.807, 2.05) is 6.92 Å². The maximum Gasteiger partial charge on any atom is 0.373 e. The first-order valence-electron chi connectivity index (χ1n) is 3.78. The van der Waals surface area contributed by atoms with E-state index in [1.54, 1.807) is 0 Å². The van der Waals surface area contributed by atoms with Gasteiger partial charge in [0, 0.05) is 6.08 Å². The second kappa shape index (κ2) is 5.99. The lowest BCUT2D eigenvalue weighted by molar-refractivity contribution is -0.147. The lowest BCUT2D eigenvalue weighted by Crippen LogP contribution is -2.11. The predicted octanol–water partition coefficient (Wildman–Crippen LogP) is 1.18. The number of carbonyl (C=O) groups is 2. The largest absolute Gasteiger partial charge is 0.463 e. The molecule has 0 rings (SSSR count). The van der Waals surface area contributed by atoms with Gasteiger partial charge in [0.1, 0.15) is 0 Å². The van der Waals surface area contributed by atoms with E-state index >= 15 is 0 Å². The minimum Gasteiger partial charge on any atom is -0.463 e. The Hall–Kier alpha value is -1.58. The molecule has 0 aromatic heterocycles. The van der Waals surface area contributed by atoms with Gasteiger partial charge in [0.2, 0.25) is 5.76 Å². The summed E-state index contributed by atoms with van der Waals surface area (Å²) in [7, 11) is 1.22. The molecular formula is C9H12O4. The summed E-state index contributed by atoms with van der Waals surface area (Å²) in [4.78, 5) is 21.7. The van der Waals surface area contributed by atoms with E-state index in [0.29, 0.717) is 6.42 Å². The molecule has 0 aromatic carbocycles. The van der Waals surface area contributed by atoms with Crippen LogP contribution >= 0.6 is 0 Å². The number of carbonyl (C=O) groups excluding carboxylic acids is 2. The third-order valence-electron chi connectivity index (χ3n) is 1.15. The van der Waals surface area contributed by atoms with Crippen LogP contribution in [-0.4, -0.2) is 19.0 Å². The highest BCUT2D eigenvalue weighted by atomic mass is 16.6. The van der Waals surface area contributed by atoms with Crippen LogP contribution in [0.1, 0.15) is 13.3 Å². The van der Waals surface area contributed by atoms with Gasteiger partial charge in [-0.05, 0) is 12.5 Å². The fourth-order valence-corrected chi connectivity index (χ4v) is 0.603. The van der Waals surface area contributed by atoms with Crippen molar-refractivity contribution in [2.24, 2.45) is 0 Å². The molecule has 0 amide bonds. The van der Waals surface area contributed by atoms with Gasteiger partial charge in [0.25, 0.3) is 0 Å². The molecule has 0 aliphatic carbocycles. The van der Waals surface area contributed by atoms with Gasteiger partial charge in [0.05, 0.1) is 7.11 Å². The van der Waals surface area contributed by atoms with Gasteiger partial charge in [-0.25, -0.2) is 9.59 Å². The van der Waals surface area contributed by atoms with Gasteiger partial charge < -0.3 is 9.47 Å². The molecule has 72 valence electrons. The number of esters is 2. The zero-order chi connectivity index (χ0) is 10.3. The SMILES string of the molecule is C=CC(=O)O/C(=C/CC)C(=O)OC. The third-order valence-corrected chi connectivity index (χ3v) is 1.15. The van der Waals surface area contributed by atoms with E-state index in [4.69, 9.17) is 0 Å². The maximum absolute atomic E-state index is 11.0. The standard InChI is InChI=1S/C9H12O4/c1-4-6-7(9(11)12-3)13-8(10)5-2/h5-6H,2,4H2,1,3H3/b7-6+. The number of methoxy groups -OCH3 is 1. The van der Waals surface area contributed by atoms with Crippen LogP contribution in [0.25, 0.3) is 0 Å². The topological polar surface area (TPSA) is 52.6 Å². The lowest BCUT2D eigenvalue weighted by Gasteiger charge is -2.03. The first-order chi connectivity index (χ1) is 6.15. The number of ether oxygens (including phenoxy) is 2. The molecule has 0 fully saturated rings. The molecule has 0 spiro atoms. The Morgan fingerprint density at radius 1 is 1.46 bits per heavy atom. The molecular weight excluding hydrogens is 172 g/mol. The summed E-state index contributed by atoms with van der Waals surface area (Å²) in [6, 6.07) is 0. The van der Waals surface area contributed by atoms with E-state index < -0.39 is 11.9 Å². The molecule has 0 aliphatic heterocycles. The van der Waals surface area contributed by atoms with Crippen molar-refractivity contribution in [3.05, 3.63) is 24.5 Å². The molecule has 0 heterocycles. The lowest BCUT2D eigenvalue weighted by atomic mass is 10.4. The molecule has 13 heavy (non-hydrogen) atoms. The number of hydrogen-bond donors (Lipinski definition) is 0. The molecule has 0 unspecified atom stereocenters. The van der Waals surface area contributed by atoms with Crippen LogP contribution in [0.4, 0.5) is 0 Å². The Balaban J connectivity index is 4.44. The molecule has 0 aliphatic rings. The summed E-state index contributed by atoms with van der Waals surface area (Å²) in [5.74, 6) is -1.45. The van der Waals surface area contributed by atoms with Gasteiger partial charge in [-0.3, -0.25) is 0 Å². The summed E-state index contributed by atoms with van der Waals surface area (Å²) < 4.78 is 9.01. The van der Waals surface area contributed by atoms with E-state index in [1.165, 1.54) is 13.2 Å². The summed E-state index contributed by atoms with van der Waals surface area (Å²) >= 11 is 0. The van der Waals surface area contributed by atoms with Crippen molar-refractivity contribution < 1.29 is 19.1 Å². The van der Waals surface area contributed by atoms with Gasteiger partial charge in [-0.15, -0.1) is 0 Å². The van der Waals surface area contributed by atoms with Gasteiger partial charge in [0.15, 0.2) is 0 Å². The molecule has 0 N–H and O–H groups in total. The smallest absolute Gasteiger partial charge is 0.373 e. The van der Waals surface area contributed by atoms with Crippen LogP contribution in [0.3, 0.4) is 0 Å². The second-order valence-corrected chi connectivity index (χ2v) is 2.09. The molecule has 0 radical (unpaired) electrons. The molecule has 4 nitrogen and oxygen atoms in total. The zero-order valence-corrected chi connectivity index (χ0v) is 7.70. The van der Waals surface area contributed by atoms with E-state index in [-0.39, 0.29) is 5.76 Å². The van der Waals surface area contributed by atoms with Crippen LogP contribution in [-0.2, 0) is 19.1 Å². The number of hydrogen-bond acceptors (Lipinski definition) is 4. The Kier molecular flexibility index (Phi) is 5.27. The van der Waals surface area contributed by atoms with Crippen LogP contribution in [0.5, 0.6) is 0 Å². The minimum atomic E-state index is -0.676. The molecule has 0 aromatic rings. The molecule has 0 bridgehead atoms. The summed E-state index contributed by atoms with van der Waals surface area (Å²) in [5, 5.41) is 0. The van der Waals surface area contributed by atoms with Crippen molar-refractivity contribution in [3.63, 3.8) is 0 Å². The zero-order valence-electron chi connectivity index (χ0n) is 7.70. The van der Waals surface area contributed by atoms with Crippen molar-refractivity contribution >= 4 is 11.9 Å². The molecule has 4 heteroatoms. The van der Waals surface area contributed by atoms with Crippen molar-refractivity contribution in [2.75, 3.05) is 7.11 Å². The Bertz CT molecular complexity index is 240. The third kappa shape index (κ3) is 4.10. The van der Waals surface area contributed by atoms with E-state index in [9.17, 15) is 9.59 Å². The Morgan fingerprint density at radius 2 is 2.08 bits per heavy atom. The second-order valence-electron chi connectivity index (χ2n) is 2.09. The average molecular weight is 184 g/mol. The fraction of sp³-hybridized carbons (Fsp3) is 0.333. The molecule has 0 saturated carbocycles. The van der Waals surface area contributed by atoms with Gasteiger partial charge >= 0.3 is 11.9 Å². The first kappa shape index (κ1) is 11.4. The van der Waals surface area contributed by atoms with Gasteiger partial charge in [-0.2, -0.15) is 0 Å². The van der Waals surface area contributed by atoms with Crippen molar-refractivity contribution in [1.82, 2.24) is 0 Å². The highest BCUT2D eigenvalue weighted by Gasteiger charge is 2.12. The van der Waals surface area contributed by atoms with Crippen molar-refractivity contribution in [3.8, 4) is 0 Å². The summed E-state index contributed by atoms with van der Waals surface area (Å²) in [6.45, 7) is 5.02. The van der Waals surface area contributed by atoms with E-state index in [0.717, 1.165) is 6.08 Å². The number of rotatable bonds is 4.